The second-order valence-corrected chi connectivity index (χ2v) is 7.79. The zero-order chi connectivity index (χ0) is 17.8. The number of anilines is 2. The van der Waals surface area contributed by atoms with Gasteiger partial charge in [-0.05, 0) is 45.4 Å². The summed E-state index contributed by atoms with van der Waals surface area (Å²) in [5.74, 6) is -0.0777. The third kappa shape index (κ3) is 5.96. The van der Waals surface area contributed by atoms with Crippen molar-refractivity contribution in [1.29, 1.82) is 0 Å². The van der Waals surface area contributed by atoms with Gasteiger partial charge in [-0.2, -0.15) is 13.5 Å². The molecule has 0 spiro atoms. The van der Waals surface area contributed by atoms with Crippen LogP contribution < -0.4 is 10.6 Å². The van der Waals surface area contributed by atoms with Crippen LogP contribution in [0.15, 0.2) is 18.3 Å². The Balaban J connectivity index is 0.00000243. The predicted molar refractivity (Wildman–Crippen MR) is 112 cm³/mol. The number of hydrogen-bond acceptors (Lipinski definition) is 6. The molecule has 0 aromatic carbocycles. The molecule has 1 saturated heterocycles. The molecular formula is C18H27N5OS2. The van der Waals surface area contributed by atoms with Crippen LogP contribution in [0.25, 0.3) is 0 Å². The number of aromatic nitrogens is 2. The molecule has 142 valence electrons. The molecule has 2 aromatic rings. The Kier molecular flexibility index (Phi) is 7.43. The number of likely N-dealkylation sites (tertiary alicyclic amines) is 1. The van der Waals surface area contributed by atoms with Gasteiger partial charge in [0.25, 0.3) is 0 Å². The smallest absolute Gasteiger partial charge is 0.223 e. The summed E-state index contributed by atoms with van der Waals surface area (Å²) in [4.78, 5) is 23.4. The van der Waals surface area contributed by atoms with Crippen LogP contribution in [0.4, 0.5) is 10.8 Å². The van der Waals surface area contributed by atoms with Crippen LogP contribution in [0.2, 0.25) is 0 Å². The van der Waals surface area contributed by atoms with Gasteiger partial charge in [0.2, 0.25) is 5.91 Å². The average Bonchev–Trinajstić information content (AvgIpc) is 2.92. The van der Waals surface area contributed by atoms with Gasteiger partial charge in [0.1, 0.15) is 0 Å². The normalized spacial score (nSPS) is 17.4. The average molecular weight is 394 g/mol. The molecule has 26 heavy (non-hydrogen) atoms. The lowest BCUT2D eigenvalue weighted by molar-refractivity contribution is -0.114. The Hall–Kier alpha value is -1.64. The number of nitrogens with zero attached hydrogens (tertiary/aromatic N) is 3. The fourth-order valence-electron chi connectivity index (χ4n) is 3.28. The minimum atomic E-state index is -0.0777. The molecule has 1 amide bonds. The number of rotatable bonds is 5. The lowest BCUT2D eigenvalue weighted by atomic mass is 10.1. The monoisotopic (exact) mass is 393 g/mol. The molecule has 0 unspecified atom stereocenters. The third-order valence-electron chi connectivity index (χ3n) is 4.17. The van der Waals surface area contributed by atoms with Crippen molar-refractivity contribution in [1.82, 2.24) is 14.9 Å². The number of hydrogen-bond donors (Lipinski definition) is 2. The van der Waals surface area contributed by atoms with Crippen molar-refractivity contribution in [3.8, 4) is 0 Å². The van der Waals surface area contributed by atoms with Crippen LogP contribution >= 0.6 is 24.8 Å². The van der Waals surface area contributed by atoms with Gasteiger partial charge < -0.3 is 10.6 Å². The number of thiazole rings is 1. The van der Waals surface area contributed by atoms with Crippen LogP contribution in [0.5, 0.6) is 0 Å². The van der Waals surface area contributed by atoms with Crippen molar-refractivity contribution in [3.05, 3.63) is 34.6 Å². The van der Waals surface area contributed by atoms with Gasteiger partial charge >= 0.3 is 0 Å². The molecule has 8 heteroatoms. The highest BCUT2D eigenvalue weighted by molar-refractivity contribution is 7.59. The number of amides is 1. The summed E-state index contributed by atoms with van der Waals surface area (Å²) in [6, 6.07) is 4.65. The van der Waals surface area contributed by atoms with Gasteiger partial charge in [-0.1, -0.05) is 0 Å². The van der Waals surface area contributed by atoms with E-state index in [2.05, 4.69) is 37.6 Å². The fraction of sp³-hybridized carbons (Fsp3) is 0.500. The number of piperidine rings is 1. The summed E-state index contributed by atoms with van der Waals surface area (Å²) in [6.07, 6.45) is 4.22. The maximum atomic E-state index is 11.1. The zero-order valence-electron chi connectivity index (χ0n) is 15.5. The van der Waals surface area contributed by atoms with Gasteiger partial charge in [0.05, 0.1) is 0 Å². The molecule has 0 saturated carbocycles. The standard InChI is InChI=1S/C18H25N5OS.H2S/c1-12-7-16(8-13(2)20-12)22-15-5-4-6-23(10-15)11-17-9-19-18(25-17)21-14(3)24;/h7-9,15H,4-6,10-11H2,1-3H3,(H,20,22)(H,19,21,24);1H2/t15-;/m0./s1. The first-order chi connectivity index (χ1) is 12.0. The molecule has 0 radical (unpaired) electrons. The summed E-state index contributed by atoms with van der Waals surface area (Å²) in [7, 11) is 0. The van der Waals surface area contributed by atoms with Crippen molar-refractivity contribution in [2.45, 2.75) is 46.2 Å². The van der Waals surface area contributed by atoms with E-state index in [1.165, 1.54) is 24.6 Å². The maximum absolute atomic E-state index is 11.1. The van der Waals surface area contributed by atoms with Crippen LogP contribution in [-0.2, 0) is 11.3 Å². The summed E-state index contributed by atoms with van der Waals surface area (Å²) in [5.41, 5.74) is 3.25. The van der Waals surface area contributed by atoms with Crippen LogP contribution in [0.3, 0.4) is 0 Å². The van der Waals surface area contributed by atoms with E-state index in [0.29, 0.717) is 11.2 Å². The van der Waals surface area contributed by atoms with Gasteiger partial charge in [-0.25, -0.2) is 4.98 Å². The van der Waals surface area contributed by atoms with E-state index in [1.54, 1.807) is 11.3 Å². The van der Waals surface area contributed by atoms with Crippen LogP contribution in [0, 0.1) is 13.8 Å². The molecular weight excluding hydrogens is 366 g/mol. The lowest BCUT2D eigenvalue weighted by Crippen LogP contribution is -2.41. The highest BCUT2D eigenvalue weighted by Crippen LogP contribution is 2.23. The zero-order valence-corrected chi connectivity index (χ0v) is 17.3. The first-order valence-electron chi connectivity index (χ1n) is 8.64. The molecule has 0 aliphatic carbocycles. The summed E-state index contributed by atoms with van der Waals surface area (Å²) in [6.45, 7) is 8.55. The molecule has 1 aliphatic heterocycles. The van der Waals surface area contributed by atoms with Gasteiger partial charge in [0, 0.05) is 54.2 Å². The predicted octanol–water partition coefficient (Wildman–Crippen LogP) is 3.30. The first-order valence-corrected chi connectivity index (χ1v) is 9.46. The largest absolute Gasteiger partial charge is 0.381 e. The molecule has 3 rings (SSSR count). The quantitative estimate of drug-likeness (QED) is 0.816. The molecule has 1 atom stereocenters. The molecule has 2 N–H and O–H groups in total. The molecule has 0 bridgehead atoms. The number of aryl methyl sites for hydroxylation is 2. The summed E-state index contributed by atoms with van der Waals surface area (Å²) >= 11 is 1.55. The topological polar surface area (TPSA) is 70.2 Å². The van der Waals surface area contributed by atoms with Crippen molar-refractivity contribution in [2.24, 2.45) is 0 Å². The fourth-order valence-corrected chi connectivity index (χ4v) is 4.18. The van der Waals surface area contributed by atoms with Crippen molar-refractivity contribution in [2.75, 3.05) is 23.7 Å². The third-order valence-corrected chi connectivity index (χ3v) is 5.07. The minimum Gasteiger partial charge on any atom is -0.381 e. The van der Waals surface area contributed by atoms with Crippen LogP contribution in [0.1, 0.15) is 36.0 Å². The summed E-state index contributed by atoms with van der Waals surface area (Å²) < 4.78 is 0. The Labute approximate surface area is 165 Å². The highest BCUT2D eigenvalue weighted by Gasteiger charge is 2.20. The Morgan fingerprint density at radius 1 is 1.35 bits per heavy atom. The van der Waals surface area contributed by atoms with E-state index < -0.39 is 0 Å². The molecule has 1 aliphatic rings. The van der Waals surface area contributed by atoms with Crippen molar-refractivity contribution in [3.63, 3.8) is 0 Å². The van der Waals surface area contributed by atoms with E-state index in [-0.39, 0.29) is 19.4 Å². The SMILES string of the molecule is CC(=O)Nc1ncc(CN2CCC[C@H](Nc3cc(C)nc(C)c3)C2)s1.S. The molecule has 2 aromatic heterocycles. The first kappa shape index (κ1) is 20.7. The van der Waals surface area contributed by atoms with Crippen molar-refractivity contribution >= 4 is 41.6 Å². The van der Waals surface area contributed by atoms with E-state index in [1.807, 2.05) is 20.0 Å². The Morgan fingerprint density at radius 2 is 2.08 bits per heavy atom. The number of nitrogens with one attached hydrogen (secondary N) is 2. The summed E-state index contributed by atoms with van der Waals surface area (Å²) in [5, 5.41) is 7.08. The number of carbonyl (C=O) groups excluding carboxylic acids is 1. The molecule has 1 fully saturated rings. The Morgan fingerprint density at radius 3 is 2.77 bits per heavy atom. The molecule has 6 nitrogen and oxygen atoms in total. The lowest BCUT2D eigenvalue weighted by Gasteiger charge is -2.33. The minimum absolute atomic E-state index is 0. The van der Waals surface area contributed by atoms with E-state index in [0.717, 1.165) is 36.7 Å². The van der Waals surface area contributed by atoms with Crippen LogP contribution in [-0.4, -0.2) is 39.9 Å². The number of carbonyl (C=O) groups is 1. The van der Waals surface area contributed by atoms with Gasteiger partial charge in [-0.3, -0.25) is 14.7 Å². The van der Waals surface area contributed by atoms with E-state index in [9.17, 15) is 4.79 Å². The number of pyridine rings is 1. The van der Waals surface area contributed by atoms with E-state index in [4.69, 9.17) is 0 Å². The Bertz CT molecular complexity index is 729. The second-order valence-electron chi connectivity index (χ2n) is 6.67. The maximum Gasteiger partial charge on any atom is 0.223 e. The van der Waals surface area contributed by atoms with Crippen molar-refractivity contribution < 1.29 is 4.79 Å². The highest BCUT2D eigenvalue weighted by atomic mass is 32.1. The molecule has 3 heterocycles. The van der Waals surface area contributed by atoms with Gasteiger partial charge in [-0.15, -0.1) is 11.3 Å². The van der Waals surface area contributed by atoms with E-state index >= 15 is 0 Å². The van der Waals surface area contributed by atoms with Gasteiger partial charge in [0.15, 0.2) is 5.13 Å². The second kappa shape index (κ2) is 9.34.